The molecule has 8 nitrogen and oxygen atoms in total. The minimum atomic E-state index is -0.687. The molecule has 0 saturated carbocycles. The van der Waals surface area contributed by atoms with Gasteiger partial charge >= 0.3 is 6.16 Å². The topological polar surface area (TPSA) is 67.4 Å². The Morgan fingerprint density at radius 3 is 2.58 bits per heavy atom. The van der Waals surface area contributed by atoms with Gasteiger partial charge in [-0.3, -0.25) is 9.80 Å². The van der Waals surface area contributed by atoms with Gasteiger partial charge in [-0.2, -0.15) is 4.98 Å². The minimum absolute atomic E-state index is 0.00897. The summed E-state index contributed by atoms with van der Waals surface area (Å²) >= 11 is 0. The number of nitrogens with zero attached hydrogens (tertiary/aromatic N) is 4. The number of pyridine rings is 1. The third-order valence-electron chi connectivity index (χ3n) is 8.93. The number of hydrogen-bond donors (Lipinski definition) is 0. The number of fused-ring (bicyclic) bond motifs is 2. The van der Waals surface area contributed by atoms with E-state index in [0.29, 0.717) is 12.5 Å². The van der Waals surface area contributed by atoms with Crippen molar-refractivity contribution >= 4 is 17.7 Å². The number of benzene rings is 1. The number of rotatable bonds is 10. The number of unbranched alkanes of at least 4 members (excludes halogenated alkanes) is 1. The number of aryl methyl sites for hydroxylation is 2. The standard InChI is InChI=1S/C35H48N4O4/c1-26-15-16-29-17-18-32(36-33(29)39(26)25-42-34(40)43-27(2)35(3,4)5)41-24-9-8-19-37-20-22-38(23-21-37)31-14-10-12-28-11-6-7-13-30(28)31/h6-7,11,13-14,17-18,27H,1,8-10,12,15-16,19-25H2,2-5H3. The third-order valence-corrected chi connectivity index (χ3v) is 8.93. The molecular weight excluding hydrogens is 540 g/mol. The lowest BCUT2D eigenvalue weighted by atomic mass is 9.90. The van der Waals surface area contributed by atoms with E-state index >= 15 is 0 Å². The number of piperazine rings is 1. The third kappa shape index (κ3) is 7.91. The van der Waals surface area contributed by atoms with Crippen LogP contribution in [-0.2, 0) is 22.3 Å². The van der Waals surface area contributed by atoms with Gasteiger partial charge in [-0.05, 0) is 74.6 Å². The van der Waals surface area contributed by atoms with Gasteiger partial charge < -0.3 is 19.1 Å². The number of allylic oxidation sites excluding steroid dienone is 2. The first-order chi connectivity index (χ1) is 20.7. The van der Waals surface area contributed by atoms with E-state index in [1.165, 1.54) is 16.8 Å². The molecular formula is C35H48N4O4. The maximum atomic E-state index is 12.3. The molecule has 0 radical (unpaired) electrons. The van der Waals surface area contributed by atoms with E-state index in [4.69, 9.17) is 19.2 Å². The molecule has 5 rings (SSSR count). The van der Waals surface area contributed by atoms with Crippen LogP contribution in [0.5, 0.6) is 5.88 Å². The van der Waals surface area contributed by atoms with Gasteiger partial charge in [0.05, 0.1) is 6.61 Å². The quantitative estimate of drug-likeness (QED) is 0.226. The fourth-order valence-electron chi connectivity index (χ4n) is 5.75. The summed E-state index contributed by atoms with van der Waals surface area (Å²) < 4.78 is 17.0. The predicted octanol–water partition coefficient (Wildman–Crippen LogP) is 6.66. The molecule has 2 aromatic rings. The van der Waals surface area contributed by atoms with Crippen molar-refractivity contribution in [2.45, 2.75) is 72.3 Å². The molecule has 0 bridgehead atoms. The van der Waals surface area contributed by atoms with Crippen molar-refractivity contribution in [1.29, 1.82) is 0 Å². The Bertz CT molecular complexity index is 1310. The lowest BCUT2D eigenvalue weighted by Crippen LogP contribution is -2.45. The van der Waals surface area contributed by atoms with E-state index in [9.17, 15) is 4.79 Å². The lowest BCUT2D eigenvalue weighted by molar-refractivity contribution is -0.00794. The van der Waals surface area contributed by atoms with E-state index < -0.39 is 6.16 Å². The van der Waals surface area contributed by atoms with Crippen LogP contribution in [0.1, 0.15) is 70.1 Å². The Kier molecular flexibility index (Phi) is 9.96. The van der Waals surface area contributed by atoms with Crippen molar-refractivity contribution in [2.24, 2.45) is 5.41 Å². The van der Waals surface area contributed by atoms with Crippen molar-refractivity contribution in [2.75, 3.05) is 51.0 Å². The number of carbonyl (C=O) groups excluding carboxylic acids is 1. The summed E-state index contributed by atoms with van der Waals surface area (Å²) in [4.78, 5) is 24.1. The number of aromatic nitrogens is 1. The van der Waals surface area contributed by atoms with Crippen LogP contribution in [0, 0.1) is 5.41 Å². The number of anilines is 1. The predicted molar refractivity (Wildman–Crippen MR) is 171 cm³/mol. The fraction of sp³-hybridized carbons (Fsp3) is 0.543. The Hall–Kier alpha value is -3.52. The van der Waals surface area contributed by atoms with Crippen molar-refractivity contribution < 1.29 is 19.0 Å². The number of carbonyl (C=O) groups is 1. The van der Waals surface area contributed by atoms with E-state index in [2.05, 4.69) is 52.8 Å². The zero-order valence-electron chi connectivity index (χ0n) is 26.4. The average molecular weight is 589 g/mol. The zero-order valence-corrected chi connectivity index (χ0v) is 26.4. The van der Waals surface area contributed by atoms with Crippen LogP contribution in [0.25, 0.3) is 5.70 Å². The molecule has 1 fully saturated rings. The van der Waals surface area contributed by atoms with Crippen LogP contribution in [0.15, 0.2) is 54.8 Å². The van der Waals surface area contributed by atoms with Gasteiger partial charge in [-0.1, -0.05) is 57.7 Å². The van der Waals surface area contributed by atoms with Gasteiger partial charge in [0, 0.05) is 49.2 Å². The molecule has 0 spiro atoms. The van der Waals surface area contributed by atoms with Crippen LogP contribution in [0.3, 0.4) is 0 Å². The van der Waals surface area contributed by atoms with E-state index in [1.807, 2.05) is 38.7 Å². The van der Waals surface area contributed by atoms with Gasteiger partial charge in [0.1, 0.15) is 11.9 Å². The molecule has 1 aliphatic carbocycles. The van der Waals surface area contributed by atoms with Crippen LogP contribution < -0.4 is 9.64 Å². The molecule has 1 unspecified atom stereocenters. The van der Waals surface area contributed by atoms with E-state index in [-0.39, 0.29) is 18.2 Å². The first-order valence-corrected chi connectivity index (χ1v) is 15.9. The monoisotopic (exact) mass is 588 g/mol. The van der Waals surface area contributed by atoms with Crippen molar-refractivity contribution in [3.8, 4) is 5.88 Å². The molecule has 1 atom stereocenters. The van der Waals surface area contributed by atoms with Crippen LogP contribution >= 0.6 is 0 Å². The second-order valence-electron chi connectivity index (χ2n) is 12.9. The van der Waals surface area contributed by atoms with Gasteiger partial charge in [-0.25, -0.2) is 4.79 Å². The number of ether oxygens (including phenoxy) is 3. The second kappa shape index (κ2) is 13.8. The minimum Gasteiger partial charge on any atom is -0.478 e. The highest BCUT2D eigenvalue weighted by Gasteiger charge is 2.27. The normalized spacial score (nSPS) is 18.0. The molecule has 0 amide bonds. The molecule has 1 aromatic carbocycles. The van der Waals surface area contributed by atoms with Gasteiger partial charge in [0.25, 0.3) is 0 Å². The highest BCUT2D eigenvalue weighted by molar-refractivity contribution is 5.69. The molecule has 3 heterocycles. The summed E-state index contributed by atoms with van der Waals surface area (Å²) in [6.45, 7) is 18.2. The summed E-state index contributed by atoms with van der Waals surface area (Å²) in [5.41, 5.74) is 6.11. The molecule has 232 valence electrons. The largest absolute Gasteiger partial charge is 0.510 e. The second-order valence-corrected chi connectivity index (χ2v) is 12.9. The number of hydrogen-bond acceptors (Lipinski definition) is 8. The molecule has 43 heavy (non-hydrogen) atoms. The molecule has 2 aliphatic heterocycles. The smallest absolute Gasteiger partial charge is 0.478 e. The maximum absolute atomic E-state index is 12.3. The lowest BCUT2D eigenvalue weighted by Gasteiger charge is -2.38. The molecule has 1 saturated heterocycles. The van der Waals surface area contributed by atoms with E-state index in [0.717, 1.165) is 88.3 Å². The summed E-state index contributed by atoms with van der Waals surface area (Å²) in [5, 5.41) is 0. The van der Waals surface area contributed by atoms with Crippen molar-refractivity contribution in [3.05, 3.63) is 71.4 Å². The summed E-state index contributed by atoms with van der Waals surface area (Å²) in [5.74, 6) is 1.32. The summed E-state index contributed by atoms with van der Waals surface area (Å²) in [6, 6.07) is 12.8. The highest BCUT2D eigenvalue weighted by atomic mass is 16.7. The van der Waals surface area contributed by atoms with Crippen LogP contribution in [0.2, 0.25) is 0 Å². The molecule has 1 aromatic heterocycles. The van der Waals surface area contributed by atoms with Crippen LogP contribution in [0.4, 0.5) is 10.6 Å². The van der Waals surface area contributed by atoms with Gasteiger partial charge in [-0.15, -0.1) is 0 Å². The van der Waals surface area contributed by atoms with E-state index in [1.54, 1.807) is 0 Å². The molecule has 3 aliphatic rings. The van der Waals surface area contributed by atoms with Gasteiger partial charge in [0.15, 0.2) is 6.73 Å². The first-order valence-electron chi connectivity index (χ1n) is 15.9. The average Bonchev–Trinajstić information content (AvgIpc) is 3.00. The first kappa shape index (κ1) is 30.9. The SMILES string of the molecule is C=C1CCc2ccc(OCCCCN3CCN(C4=CCCc5ccccc54)CC3)nc2N1COC(=O)OC(C)C(C)(C)C. The Labute approximate surface area is 257 Å². The highest BCUT2D eigenvalue weighted by Crippen LogP contribution is 2.33. The zero-order chi connectivity index (χ0) is 30.4. The molecule has 0 N–H and O–H groups in total. The summed E-state index contributed by atoms with van der Waals surface area (Å²) in [6.07, 6.45) is 7.44. The van der Waals surface area contributed by atoms with Crippen LogP contribution in [-0.4, -0.2) is 73.1 Å². The van der Waals surface area contributed by atoms with Gasteiger partial charge in [0.2, 0.25) is 5.88 Å². The Balaban J connectivity index is 1.04. The van der Waals surface area contributed by atoms with Crippen molar-refractivity contribution in [1.82, 2.24) is 14.8 Å². The molecule has 8 heteroatoms. The summed E-state index contributed by atoms with van der Waals surface area (Å²) in [7, 11) is 0. The maximum Gasteiger partial charge on any atom is 0.510 e. The Morgan fingerprint density at radius 1 is 1.00 bits per heavy atom. The Morgan fingerprint density at radius 2 is 1.79 bits per heavy atom. The van der Waals surface area contributed by atoms with Crippen molar-refractivity contribution in [3.63, 3.8) is 0 Å². The fourth-order valence-corrected chi connectivity index (χ4v) is 5.75.